The predicted octanol–water partition coefficient (Wildman–Crippen LogP) is 1.82. The fraction of sp³-hybridized carbons (Fsp3) is 0.154. The van der Waals surface area contributed by atoms with Crippen molar-refractivity contribution in [3.8, 4) is 5.75 Å². The largest absolute Gasteiger partial charge is 0.506 e. The fourth-order valence-corrected chi connectivity index (χ4v) is 2.92. The number of aliphatic carboxylic acids is 1. The third kappa shape index (κ3) is 3.32. The van der Waals surface area contributed by atoms with Crippen molar-refractivity contribution >= 4 is 44.9 Å². The molecule has 0 fully saturated rings. The van der Waals surface area contributed by atoms with Crippen LogP contribution in [0.15, 0.2) is 23.0 Å². The van der Waals surface area contributed by atoms with E-state index in [1.54, 1.807) is 0 Å². The van der Waals surface area contributed by atoms with Gasteiger partial charge in [-0.1, -0.05) is 22.9 Å². The molecule has 0 radical (unpaired) electrons. The van der Waals surface area contributed by atoms with Crippen molar-refractivity contribution in [1.29, 1.82) is 0 Å². The van der Waals surface area contributed by atoms with Crippen LogP contribution in [0.25, 0.3) is 10.1 Å². The molecule has 110 valence electrons. The molecule has 2 rings (SSSR count). The lowest BCUT2D eigenvalue weighted by atomic mass is 10.1. The van der Waals surface area contributed by atoms with Crippen molar-refractivity contribution in [2.45, 2.75) is 6.42 Å². The Morgan fingerprint density at radius 3 is 2.71 bits per heavy atom. The number of fused-ring (bicyclic) bond motifs is 1. The van der Waals surface area contributed by atoms with Crippen LogP contribution < -0.4 is 10.1 Å². The Morgan fingerprint density at radius 2 is 2.05 bits per heavy atom. The van der Waals surface area contributed by atoms with Crippen molar-refractivity contribution in [3.63, 3.8) is 0 Å². The number of carbonyl (C=O) groups excluding carboxylic acids is 1. The van der Waals surface area contributed by atoms with Crippen LogP contribution >= 0.6 is 22.9 Å². The normalized spacial score (nSPS) is 10.5. The molecule has 0 aliphatic heterocycles. The molecular weight excluding hydrogens is 318 g/mol. The summed E-state index contributed by atoms with van der Waals surface area (Å²) in [6.45, 7) is -0.129. The number of rotatable bonds is 4. The predicted molar refractivity (Wildman–Crippen MR) is 79.4 cm³/mol. The molecule has 1 amide bonds. The van der Waals surface area contributed by atoms with Gasteiger partial charge in [-0.05, 0) is 18.2 Å². The number of aromatic hydroxyl groups is 1. The van der Waals surface area contributed by atoms with E-state index < -0.39 is 22.4 Å². The van der Waals surface area contributed by atoms with Crippen molar-refractivity contribution in [2.75, 3.05) is 6.54 Å². The van der Waals surface area contributed by atoms with E-state index in [1.165, 1.54) is 18.2 Å². The van der Waals surface area contributed by atoms with E-state index in [1.807, 2.05) is 0 Å². The van der Waals surface area contributed by atoms with Crippen LogP contribution in [0.2, 0.25) is 5.02 Å². The van der Waals surface area contributed by atoms with Gasteiger partial charge in [-0.25, -0.2) is 0 Å². The molecule has 6 nitrogen and oxygen atoms in total. The minimum Gasteiger partial charge on any atom is -0.506 e. The smallest absolute Gasteiger partial charge is 0.305 e. The van der Waals surface area contributed by atoms with Gasteiger partial charge >= 0.3 is 5.97 Å². The lowest BCUT2D eigenvalue weighted by Gasteiger charge is -2.07. The Bertz CT molecular complexity index is 786. The van der Waals surface area contributed by atoms with Gasteiger partial charge in [-0.2, -0.15) is 0 Å². The van der Waals surface area contributed by atoms with E-state index >= 15 is 0 Å². The van der Waals surface area contributed by atoms with Crippen molar-refractivity contribution < 1.29 is 19.8 Å². The molecular formula is C13H10ClNO5S. The topological polar surface area (TPSA) is 104 Å². The Kier molecular flexibility index (Phi) is 4.44. The van der Waals surface area contributed by atoms with Gasteiger partial charge in [0.15, 0.2) is 0 Å². The van der Waals surface area contributed by atoms with E-state index in [2.05, 4.69) is 5.32 Å². The number of carbonyl (C=O) groups is 2. The van der Waals surface area contributed by atoms with Gasteiger partial charge in [-0.3, -0.25) is 14.4 Å². The fourth-order valence-electron chi connectivity index (χ4n) is 1.73. The number of carboxylic acids is 1. The maximum absolute atomic E-state index is 11.9. The lowest BCUT2D eigenvalue weighted by Crippen LogP contribution is -2.29. The second kappa shape index (κ2) is 6.11. The molecule has 0 saturated carbocycles. The molecule has 0 bridgehead atoms. The van der Waals surface area contributed by atoms with E-state index in [4.69, 9.17) is 16.7 Å². The highest BCUT2D eigenvalue weighted by atomic mass is 35.5. The number of nitrogens with one attached hydrogen (secondary N) is 1. The van der Waals surface area contributed by atoms with Crippen LogP contribution in [0, 0.1) is 0 Å². The minimum atomic E-state index is -1.07. The standard InChI is InChI=1S/C13H10ClNO5S/c14-6-1-2-7-8(5-6)21-13(20)10(11(7)18)12(19)15-4-3-9(16)17/h1-2,5,18H,3-4H2,(H,15,19)(H,16,17). The maximum Gasteiger partial charge on any atom is 0.305 e. The van der Waals surface area contributed by atoms with Gasteiger partial charge in [0, 0.05) is 21.7 Å². The summed E-state index contributed by atoms with van der Waals surface area (Å²) < 4.78 is -0.151. The van der Waals surface area contributed by atoms with E-state index in [0.717, 1.165) is 11.3 Å². The first-order chi connectivity index (χ1) is 9.90. The van der Waals surface area contributed by atoms with Crippen molar-refractivity contribution in [3.05, 3.63) is 38.3 Å². The summed E-state index contributed by atoms with van der Waals surface area (Å²) in [6, 6.07) is 4.57. The highest BCUT2D eigenvalue weighted by Crippen LogP contribution is 2.30. The minimum absolute atomic E-state index is 0.129. The van der Waals surface area contributed by atoms with Gasteiger partial charge in [0.1, 0.15) is 11.3 Å². The summed E-state index contributed by atoms with van der Waals surface area (Å²) in [4.78, 5) is 34.2. The molecule has 3 N–H and O–H groups in total. The van der Waals surface area contributed by atoms with Crippen molar-refractivity contribution in [2.24, 2.45) is 0 Å². The first kappa shape index (κ1) is 15.3. The number of hydrogen-bond donors (Lipinski definition) is 3. The molecule has 1 heterocycles. The summed E-state index contributed by atoms with van der Waals surface area (Å²) in [5, 5.41) is 21.6. The molecule has 0 aliphatic carbocycles. The molecule has 0 saturated heterocycles. The summed E-state index contributed by atoms with van der Waals surface area (Å²) in [5.74, 6) is -2.30. The van der Waals surface area contributed by atoms with Crippen LogP contribution in [0.1, 0.15) is 16.8 Å². The van der Waals surface area contributed by atoms with Gasteiger partial charge in [-0.15, -0.1) is 0 Å². The maximum atomic E-state index is 11.9. The zero-order valence-corrected chi connectivity index (χ0v) is 12.1. The highest BCUT2D eigenvalue weighted by Gasteiger charge is 2.19. The average molecular weight is 328 g/mol. The number of hydrogen-bond acceptors (Lipinski definition) is 5. The third-order valence-electron chi connectivity index (χ3n) is 2.69. The molecule has 0 atom stereocenters. The first-order valence-electron chi connectivity index (χ1n) is 5.85. The summed E-state index contributed by atoms with van der Waals surface area (Å²) in [7, 11) is 0. The van der Waals surface area contributed by atoms with E-state index in [0.29, 0.717) is 15.1 Å². The molecule has 8 heteroatoms. The zero-order valence-electron chi connectivity index (χ0n) is 10.6. The quantitative estimate of drug-likeness (QED) is 0.794. The third-order valence-corrected chi connectivity index (χ3v) is 3.88. The molecule has 2 aromatic rings. The van der Waals surface area contributed by atoms with Gasteiger partial charge in [0.2, 0.25) is 4.74 Å². The average Bonchev–Trinajstić information content (AvgIpc) is 2.37. The monoisotopic (exact) mass is 327 g/mol. The molecule has 0 spiro atoms. The highest BCUT2D eigenvalue weighted by molar-refractivity contribution is 7.16. The van der Waals surface area contributed by atoms with Crippen LogP contribution in [-0.2, 0) is 4.79 Å². The molecule has 1 aromatic carbocycles. The van der Waals surface area contributed by atoms with E-state index in [-0.39, 0.29) is 18.5 Å². The molecule has 0 unspecified atom stereocenters. The van der Waals surface area contributed by atoms with Crippen LogP contribution in [0.3, 0.4) is 0 Å². The van der Waals surface area contributed by atoms with Gasteiger partial charge in [0.25, 0.3) is 5.91 Å². The summed E-state index contributed by atoms with van der Waals surface area (Å²) >= 11 is 6.60. The van der Waals surface area contributed by atoms with Crippen LogP contribution in [0.5, 0.6) is 5.75 Å². The zero-order chi connectivity index (χ0) is 15.6. The molecule has 0 aliphatic rings. The number of halogens is 1. The Morgan fingerprint density at radius 1 is 1.33 bits per heavy atom. The first-order valence-corrected chi connectivity index (χ1v) is 7.05. The SMILES string of the molecule is O=C(O)CCNC(=O)c1c(O)c2ccc(Cl)cc2sc1=O. The lowest BCUT2D eigenvalue weighted by molar-refractivity contribution is -0.136. The number of amides is 1. The summed E-state index contributed by atoms with van der Waals surface area (Å²) in [5.41, 5.74) is -0.389. The summed E-state index contributed by atoms with van der Waals surface area (Å²) in [6.07, 6.45) is -0.271. The van der Waals surface area contributed by atoms with E-state index in [9.17, 15) is 19.5 Å². The van der Waals surface area contributed by atoms with Gasteiger partial charge < -0.3 is 15.5 Å². The Hall–Kier alpha value is -2.12. The Balaban J connectivity index is 2.40. The van der Waals surface area contributed by atoms with Gasteiger partial charge in [0.05, 0.1) is 6.42 Å². The second-order valence-electron chi connectivity index (χ2n) is 4.15. The second-order valence-corrected chi connectivity index (χ2v) is 5.60. The van der Waals surface area contributed by atoms with Crippen LogP contribution in [-0.4, -0.2) is 28.6 Å². The number of benzene rings is 1. The van der Waals surface area contributed by atoms with Crippen LogP contribution in [0.4, 0.5) is 0 Å². The van der Waals surface area contributed by atoms with Crippen molar-refractivity contribution in [1.82, 2.24) is 5.32 Å². The molecule has 21 heavy (non-hydrogen) atoms. The number of carboxylic acid groups (broad SMARTS) is 1. The Labute approximate surface area is 127 Å². The molecule has 1 aromatic heterocycles.